The molecule has 2 aromatic rings. The molecule has 0 saturated heterocycles. The average molecular weight is 274 g/mol. The SMILES string of the molecule is O=C(O)c1ccc(NC(=O)c2cccc(O)c2O)cn1. The molecule has 0 aliphatic carbocycles. The van der Waals surface area contributed by atoms with E-state index in [1.165, 1.54) is 36.5 Å². The van der Waals surface area contributed by atoms with Crippen LogP contribution in [0.5, 0.6) is 11.5 Å². The number of amides is 1. The van der Waals surface area contributed by atoms with Gasteiger partial charge in [0.2, 0.25) is 0 Å². The fourth-order valence-electron chi connectivity index (χ4n) is 1.51. The third-order valence-corrected chi connectivity index (χ3v) is 2.50. The molecule has 1 aromatic carbocycles. The first kappa shape index (κ1) is 13.3. The molecule has 0 saturated carbocycles. The number of hydrogen-bond acceptors (Lipinski definition) is 5. The van der Waals surface area contributed by atoms with Gasteiger partial charge in [-0.15, -0.1) is 0 Å². The molecule has 0 aliphatic rings. The van der Waals surface area contributed by atoms with Crippen molar-refractivity contribution in [1.29, 1.82) is 0 Å². The summed E-state index contributed by atoms with van der Waals surface area (Å²) in [4.78, 5) is 26.1. The van der Waals surface area contributed by atoms with E-state index >= 15 is 0 Å². The van der Waals surface area contributed by atoms with E-state index in [-0.39, 0.29) is 16.9 Å². The number of para-hydroxylation sites is 1. The van der Waals surface area contributed by atoms with Gasteiger partial charge in [-0.1, -0.05) is 6.07 Å². The Kier molecular flexibility index (Phi) is 3.52. The first-order valence-corrected chi connectivity index (χ1v) is 5.50. The van der Waals surface area contributed by atoms with Gasteiger partial charge in [0.25, 0.3) is 5.91 Å². The predicted molar refractivity (Wildman–Crippen MR) is 68.9 cm³/mol. The van der Waals surface area contributed by atoms with Crippen LogP contribution in [-0.4, -0.2) is 32.2 Å². The number of hydrogen-bond donors (Lipinski definition) is 4. The number of carbonyl (C=O) groups is 2. The highest BCUT2D eigenvalue weighted by Gasteiger charge is 2.14. The zero-order valence-electron chi connectivity index (χ0n) is 10.1. The Hall–Kier alpha value is -3.09. The molecular weight excluding hydrogens is 264 g/mol. The second-order valence-electron chi connectivity index (χ2n) is 3.86. The molecular formula is C13H10N2O5. The summed E-state index contributed by atoms with van der Waals surface area (Å²) in [5.41, 5.74) is 0.0123. The maximum Gasteiger partial charge on any atom is 0.354 e. The maximum absolute atomic E-state index is 11.9. The summed E-state index contributed by atoms with van der Waals surface area (Å²) in [5.74, 6) is -2.76. The third kappa shape index (κ3) is 2.66. The Balaban J connectivity index is 2.19. The second-order valence-corrected chi connectivity index (χ2v) is 3.86. The number of anilines is 1. The van der Waals surface area contributed by atoms with E-state index in [1.54, 1.807) is 0 Å². The molecule has 0 spiro atoms. The molecule has 7 nitrogen and oxygen atoms in total. The number of benzene rings is 1. The van der Waals surface area contributed by atoms with Gasteiger partial charge in [-0.2, -0.15) is 0 Å². The fraction of sp³-hybridized carbons (Fsp3) is 0. The van der Waals surface area contributed by atoms with E-state index in [4.69, 9.17) is 5.11 Å². The summed E-state index contributed by atoms with van der Waals surface area (Å²) in [6.45, 7) is 0. The number of carbonyl (C=O) groups excluding carboxylic acids is 1. The highest BCUT2D eigenvalue weighted by molar-refractivity contribution is 6.06. The smallest absolute Gasteiger partial charge is 0.354 e. The van der Waals surface area contributed by atoms with E-state index in [0.29, 0.717) is 0 Å². The average Bonchev–Trinajstić information content (AvgIpc) is 2.42. The van der Waals surface area contributed by atoms with Crippen molar-refractivity contribution in [2.75, 3.05) is 5.32 Å². The van der Waals surface area contributed by atoms with Crippen LogP contribution in [0.15, 0.2) is 36.5 Å². The minimum Gasteiger partial charge on any atom is -0.504 e. The number of rotatable bonds is 3. The van der Waals surface area contributed by atoms with Crippen molar-refractivity contribution in [1.82, 2.24) is 4.98 Å². The van der Waals surface area contributed by atoms with Gasteiger partial charge >= 0.3 is 5.97 Å². The standard InChI is InChI=1S/C13H10N2O5/c16-10-3-1-2-8(11(10)17)12(18)15-7-4-5-9(13(19)20)14-6-7/h1-6,16-17H,(H,15,18)(H,19,20). The molecule has 1 aromatic heterocycles. The number of phenolic OH excluding ortho intramolecular Hbond substituents is 2. The van der Waals surface area contributed by atoms with Crippen molar-refractivity contribution in [3.8, 4) is 11.5 Å². The molecule has 1 heterocycles. The number of phenols is 2. The Morgan fingerprint density at radius 2 is 1.85 bits per heavy atom. The van der Waals surface area contributed by atoms with Crippen molar-refractivity contribution in [2.24, 2.45) is 0 Å². The summed E-state index contributed by atoms with van der Waals surface area (Å²) >= 11 is 0. The van der Waals surface area contributed by atoms with Gasteiger partial charge in [0, 0.05) is 0 Å². The van der Waals surface area contributed by atoms with Crippen LogP contribution in [0.3, 0.4) is 0 Å². The van der Waals surface area contributed by atoms with Gasteiger partial charge < -0.3 is 20.6 Å². The van der Waals surface area contributed by atoms with Crippen LogP contribution in [-0.2, 0) is 0 Å². The van der Waals surface area contributed by atoms with Gasteiger partial charge in [0.05, 0.1) is 17.4 Å². The van der Waals surface area contributed by atoms with E-state index in [0.717, 1.165) is 0 Å². The Bertz CT molecular complexity index is 667. The molecule has 0 bridgehead atoms. The summed E-state index contributed by atoms with van der Waals surface area (Å²) in [6, 6.07) is 6.60. The number of aromatic carboxylic acids is 1. The monoisotopic (exact) mass is 274 g/mol. The van der Waals surface area contributed by atoms with Gasteiger partial charge in [-0.05, 0) is 24.3 Å². The van der Waals surface area contributed by atoms with Crippen LogP contribution in [0.25, 0.3) is 0 Å². The fourth-order valence-corrected chi connectivity index (χ4v) is 1.51. The lowest BCUT2D eigenvalue weighted by Gasteiger charge is -2.07. The molecule has 2 rings (SSSR count). The van der Waals surface area contributed by atoms with Crippen LogP contribution in [0, 0.1) is 0 Å². The summed E-state index contributed by atoms with van der Waals surface area (Å²) in [6.07, 6.45) is 1.18. The highest BCUT2D eigenvalue weighted by Crippen LogP contribution is 2.28. The first-order chi connectivity index (χ1) is 9.49. The number of pyridine rings is 1. The Morgan fingerprint density at radius 1 is 1.10 bits per heavy atom. The Labute approximate surface area is 113 Å². The lowest BCUT2D eigenvalue weighted by atomic mass is 10.1. The van der Waals surface area contributed by atoms with Crippen LogP contribution in [0.4, 0.5) is 5.69 Å². The number of aromatic hydroxyl groups is 2. The number of nitrogens with one attached hydrogen (secondary N) is 1. The number of carboxylic acids is 1. The topological polar surface area (TPSA) is 120 Å². The molecule has 0 fully saturated rings. The van der Waals surface area contributed by atoms with Crippen molar-refractivity contribution in [3.63, 3.8) is 0 Å². The van der Waals surface area contributed by atoms with E-state index in [2.05, 4.69) is 10.3 Å². The van der Waals surface area contributed by atoms with E-state index in [1.807, 2.05) is 0 Å². The van der Waals surface area contributed by atoms with Gasteiger partial charge in [-0.25, -0.2) is 9.78 Å². The summed E-state index contributed by atoms with van der Waals surface area (Å²) in [5, 5.41) is 30.0. The molecule has 102 valence electrons. The molecule has 1 amide bonds. The Morgan fingerprint density at radius 3 is 2.45 bits per heavy atom. The van der Waals surface area contributed by atoms with Crippen molar-refractivity contribution in [3.05, 3.63) is 47.8 Å². The van der Waals surface area contributed by atoms with Crippen LogP contribution in [0.2, 0.25) is 0 Å². The van der Waals surface area contributed by atoms with Crippen LogP contribution >= 0.6 is 0 Å². The highest BCUT2D eigenvalue weighted by atomic mass is 16.4. The van der Waals surface area contributed by atoms with E-state index < -0.39 is 23.4 Å². The van der Waals surface area contributed by atoms with Gasteiger partial charge in [0.1, 0.15) is 5.69 Å². The second kappa shape index (κ2) is 5.27. The predicted octanol–water partition coefficient (Wildman–Crippen LogP) is 1.44. The maximum atomic E-state index is 11.9. The van der Waals surface area contributed by atoms with Crippen molar-refractivity contribution >= 4 is 17.6 Å². The molecule has 20 heavy (non-hydrogen) atoms. The third-order valence-electron chi connectivity index (χ3n) is 2.50. The number of aromatic nitrogens is 1. The zero-order chi connectivity index (χ0) is 14.7. The van der Waals surface area contributed by atoms with E-state index in [9.17, 15) is 19.8 Å². The summed E-state index contributed by atoms with van der Waals surface area (Å²) < 4.78 is 0. The number of nitrogens with zero attached hydrogens (tertiary/aromatic N) is 1. The normalized spacial score (nSPS) is 10.0. The van der Waals surface area contributed by atoms with Crippen molar-refractivity contribution < 1.29 is 24.9 Å². The molecule has 0 atom stereocenters. The largest absolute Gasteiger partial charge is 0.504 e. The molecule has 0 aliphatic heterocycles. The van der Waals surface area contributed by atoms with Gasteiger partial charge in [0.15, 0.2) is 11.5 Å². The zero-order valence-corrected chi connectivity index (χ0v) is 10.1. The quantitative estimate of drug-likeness (QED) is 0.629. The van der Waals surface area contributed by atoms with Crippen molar-refractivity contribution in [2.45, 2.75) is 0 Å². The molecule has 0 radical (unpaired) electrons. The molecule has 0 unspecified atom stereocenters. The first-order valence-electron chi connectivity index (χ1n) is 5.50. The lowest BCUT2D eigenvalue weighted by Crippen LogP contribution is -2.12. The minimum atomic E-state index is -1.17. The van der Waals surface area contributed by atoms with Crippen LogP contribution < -0.4 is 5.32 Å². The number of carboxylic acid groups (broad SMARTS) is 1. The van der Waals surface area contributed by atoms with Crippen LogP contribution in [0.1, 0.15) is 20.8 Å². The molecule has 7 heteroatoms. The summed E-state index contributed by atoms with van der Waals surface area (Å²) in [7, 11) is 0. The minimum absolute atomic E-state index is 0.104. The lowest BCUT2D eigenvalue weighted by molar-refractivity contribution is 0.0690. The molecule has 4 N–H and O–H groups in total. The van der Waals surface area contributed by atoms with Gasteiger partial charge in [-0.3, -0.25) is 4.79 Å².